The van der Waals surface area contributed by atoms with Crippen LogP contribution in [0.3, 0.4) is 0 Å². The molecule has 0 saturated carbocycles. The molecule has 7 heteroatoms. The third-order valence-corrected chi connectivity index (χ3v) is 7.90. The molecule has 6 heterocycles. The zero-order valence-electron chi connectivity index (χ0n) is 18.0. The summed E-state index contributed by atoms with van der Waals surface area (Å²) in [5, 5.41) is 0. The van der Waals surface area contributed by atoms with E-state index in [4.69, 9.17) is 0 Å². The molecular weight excluding hydrogens is 390 g/mol. The highest BCUT2D eigenvalue weighted by Gasteiger charge is 2.43. The van der Waals surface area contributed by atoms with Crippen LogP contribution in [0.4, 0.5) is 5.95 Å². The Balaban J connectivity index is 1.28. The molecule has 2 atom stereocenters. The van der Waals surface area contributed by atoms with Gasteiger partial charge >= 0.3 is 0 Å². The van der Waals surface area contributed by atoms with E-state index < -0.39 is 0 Å². The van der Waals surface area contributed by atoms with Gasteiger partial charge < -0.3 is 14.4 Å². The van der Waals surface area contributed by atoms with Crippen LogP contribution in [0.2, 0.25) is 0 Å². The van der Waals surface area contributed by atoms with Crippen molar-refractivity contribution in [2.45, 2.75) is 70.0 Å². The Labute approximate surface area is 182 Å². The first-order valence-electron chi connectivity index (χ1n) is 11.7. The molecule has 0 radical (unpaired) electrons. The number of hydrogen-bond donors (Lipinski definition) is 0. The molecule has 0 N–H and O–H groups in total. The molecular formula is C24H29N5O2. The summed E-state index contributed by atoms with van der Waals surface area (Å²) in [7, 11) is 0. The van der Waals surface area contributed by atoms with Crippen molar-refractivity contribution >= 4 is 11.9 Å². The SMILES string of the molecule is CCc1cnc(N2C[C@@H]3C[C@H](C2)c2ccc(C(=O)N4C5CCC4CC5)c(=O)n2C3)nc1. The van der Waals surface area contributed by atoms with Crippen LogP contribution >= 0.6 is 0 Å². The topological polar surface area (TPSA) is 71.3 Å². The molecule has 0 aromatic carbocycles. The van der Waals surface area contributed by atoms with Gasteiger partial charge in [-0.05, 0) is 62.1 Å². The van der Waals surface area contributed by atoms with E-state index in [2.05, 4.69) is 21.8 Å². The van der Waals surface area contributed by atoms with Gasteiger partial charge in [-0.25, -0.2) is 9.97 Å². The number of fused-ring (bicyclic) bond motifs is 6. The summed E-state index contributed by atoms with van der Waals surface area (Å²) in [6.07, 6.45) is 10.2. The number of aryl methyl sites for hydroxylation is 1. The van der Waals surface area contributed by atoms with Gasteiger partial charge in [-0.15, -0.1) is 0 Å². The highest BCUT2D eigenvalue weighted by molar-refractivity contribution is 5.94. The second-order valence-electron chi connectivity index (χ2n) is 9.71. The molecule has 4 bridgehead atoms. The first-order valence-corrected chi connectivity index (χ1v) is 11.7. The summed E-state index contributed by atoms with van der Waals surface area (Å²) in [6.45, 7) is 4.43. The zero-order valence-corrected chi connectivity index (χ0v) is 18.0. The van der Waals surface area contributed by atoms with Crippen molar-refractivity contribution < 1.29 is 4.79 Å². The highest BCUT2D eigenvalue weighted by Crippen LogP contribution is 2.39. The van der Waals surface area contributed by atoms with Gasteiger partial charge in [-0.3, -0.25) is 9.59 Å². The van der Waals surface area contributed by atoms with Crippen LogP contribution in [0.25, 0.3) is 0 Å². The average molecular weight is 420 g/mol. The first-order chi connectivity index (χ1) is 15.1. The summed E-state index contributed by atoms with van der Waals surface area (Å²) < 4.78 is 1.89. The zero-order chi connectivity index (χ0) is 21.1. The second-order valence-corrected chi connectivity index (χ2v) is 9.71. The molecule has 0 unspecified atom stereocenters. The smallest absolute Gasteiger partial charge is 0.263 e. The molecule has 2 aromatic rings. The number of amides is 1. The molecule has 4 aliphatic rings. The molecule has 2 aromatic heterocycles. The minimum Gasteiger partial charge on any atom is -0.340 e. The van der Waals surface area contributed by atoms with E-state index >= 15 is 0 Å². The van der Waals surface area contributed by atoms with Crippen molar-refractivity contribution in [1.29, 1.82) is 0 Å². The molecule has 6 rings (SSSR count). The molecule has 4 aliphatic heterocycles. The maximum Gasteiger partial charge on any atom is 0.263 e. The van der Waals surface area contributed by atoms with Gasteiger partial charge in [0.2, 0.25) is 5.95 Å². The summed E-state index contributed by atoms with van der Waals surface area (Å²) in [5.74, 6) is 1.36. The molecule has 0 aliphatic carbocycles. The van der Waals surface area contributed by atoms with E-state index in [1.54, 1.807) is 6.07 Å². The molecule has 162 valence electrons. The minimum atomic E-state index is -0.0968. The van der Waals surface area contributed by atoms with Crippen LogP contribution in [0.15, 0.2) is 29.3 Å². The van der Waals surface area contributed by atoms with Crippen LogP contribution in [0.1, 0.15) is 66.6 Å². The lowest BCUT2D eigenvalue weighted by molar-refractivity contribution is 0.0726. The van der Waals surface area contributed by atoms with E-state index in [0.29, 0.717) is 30.1 Å². The average Bonchev–Trinajstić information content (AvgIpc) is 3.40. The standard InChI is InChI=1S/C24H29N5O2/c1-2-15-10-25-24(26-11-15)27-12-16-9-17(14-27)21-8-7-20(22(30)28(21)13-16)23(31)29-18-3-4-19(29)6-5-18/h7-8,10-11,16-19H,2-6,9,12-14H2,1H3/t16-,17+,18?,19?/m0/s1. The van der Waals surface area contributed by atoms with Crippen LogP contribution in [-0.2, 0) is 13.0 Å². The number of anilines is 1. The van der Waals surface area contributed by atoms with Crippen LogP contribution in [-0.4, -0.2) is 50.5 Å². The number of carbonyl (C=O) groups excluding carboxylic acids is 1. The Morgan fingerprint density at radius 1 is 1.03 bits per heavy atom. The minimum absolute atomic E-state index is 0.0490. The number of rotatable bonds is 3. The number of carbonyl (C=O) groups is 1. The van der Waals surface area contributed by atoms with Gasteiger partial charge in [0.1, 0.15) is 5.56 Å². The third-order valence-electron chi connectivity index (χ3n) is 7.90. The maximum absolute atomic E-state index is 13.4. The number of piperidine rings is 1. The van der Waals surface area contributed by atoms with Crippen molar-refractivity contribution in [3.05, 3.63) is 51.7 Å². The van der Waals surface area contributed by atoms with Crippen LogP contribution < -0.4 is 10.5 Å². The summed E-state index contributed by atoms with van der Waals surface area (Å²) >= 11 is 0. The monoisotopic (exact) mass is 419 g/mol. The van der Waals surface area contributed by atoms with Crippen molar-refractivity contribution in [1.82, 2.24) is 19.4 Å². The lowest BCUT2D eigenvalue weighted by atomic mass is 9.83. The number of hydrogen-bond acceptors (Lipinski definition) is 5. The molecule has 3 saturated heterocycles. The van der Waals surface area contributed by atoms with E-state index in [1.807, 2.05) is 27.9 Å². The van der Waals surface area contributed by atoms with Gasteiger partial charge in [0.25, 0.3) is 11.5 Å². The Morgan fingerprint density at radius 3 is 2.42 bits per heavy atom. The molecule has 1 amide bonds. The molecule has 31 heavy (non-hydrogen) atoms. The lowest BCUT2D eigenvalue weighted by Gasteiger charge is -2.42. The van der Waals surface area contributed by atoms with Crippen LogP contribution in [0, 0.1) is 5.92 Å². The van der Waals surface area contributed by atoms with Crippen molar-refractivity contribution in [3.63, 3.8) is 0 Å². The van der Waals surface area contributed by atoms with Crippen molar-refractivity contribution in [2.75, 3.05) is 18.0 Å². The Kier molecular flexibility index (Phi) is 4.40. The third kappa shape index (κ3) is 3.00. The molecule has 7 nitrogen and oxygen atoms in total. The predicted molar refractivity (Wildman–Crippen MR) is 117 cm³/mol. The normalized spacial score (nSPS) is 28.7. The number of aromatic nitrogens is 3. The first kappa shape index (κ1) is 19.0. The summed E-state index contributed by atoms with van der Waals surface area (Å²) in [4.78, 5) is 40.0. The van der Waals surface area contributed by atoms with Crippen LogP contribution in [0.5, 0.6) is 0 Å². The quantitative estimate of drug-likeness (QED) is 0.765. The highest BCUT2D eigenvalue weighted by atomic mass is 16.2. The molecule has 3 fully saturated rings. The summed E-state index contributed by atoms with van der Waals surface area (Å²) in [6, 6.07) is 4.49. The largest absolute Gasteiger partial charge is 0.340 e. The lowest BCUT2D eigenvalue weighted by Crippen LogP contribution is -2.49. The maximum atomic E-state index is 13.4. The van der Waals surface area contributed by atoms with Gasteiger partial charge in [0.15, 0.2) is 0 Å². The Hall–Kier alpha value is -2.70. The number of pyridine rings is 1. The fraction of sp³-hybridized carbons (Fsp3) is 0.583. The predicted octanol–water partition coefficient (Wildman–Crippen LogP) is 2.59. The van der Waals surface area contributed by atoms with Gasteiger partial charge in [-0.1, -0.05) is 6.92 Å². The van der Waals surface area contributed by atoms with Crippen molar-refractivity contribution in [2.24, 2.45) is 5.92 Å². The van der Waals surface area contributed by atoms with Gasteiger partial charge in [-0.2, -0.15) is 0 Å². The molecule has 0 spiro atoms. The second kappa shape index (κ2) is 7.18. The fourth-order valence-electron chi connectivity index (χ4n) is 6.35. The van der Waals surface area contributed by atoms with E-state index in [1.165, 1.54) is 0 Å². The van der Waals surface area contributed by atoms with E-state index in [0.717, 1.165) is 68.8 Å². The summed E-state index contributed by atoms with van der Waals surface area (Å²) in [5.41, 5.74) is 2.46. The fourth-order valence-corrected chi connectivity index (χ4v) is 6.35. The Morgan fingerprint density at radius 2 is 1.74 bits per heavy atom. The Bertz CT molecular complexity index is 1060. The van der Waals surface area contributed by atoms with E-state index in [-0.39, 0.29) is 17.4 Å². The van der Waals surface area contributed by atoms with Gasteiger partial charge in [0.05, 0.1) is 0 Å². The van der Waals surface area contributed by atoms with Crippen molar-refractivity contribution in [3.8, 4) is 0 Å². The van der Waals surface area contributed by atoms with E-state index in [9.17, 15) is 9.59 Å². The number of nitrogens with zero attached hydrogens (tertiary/aromatic N) is 5. The van der Waals surface area contributed by atoms with Gasteiger partial charge in [0, 0.05) is 55.7 Å².